The first kappa shape index (κ1) is 16.7. The van der Waals surface area contributed by atoms with Crippen LogP contribution >= 0.6 is 0 Å². The van der Waals surface area contributed by atoms with E-state index in [1.807, 2.05) is 5.06 Å². The smallest absolute Gasteiger partial charge is 0.174 e. The van der Waals surface area contributed by atoms with E-state index < -0.39 is 0 Å². The zero-order chi connectivity index (χ0) is 18.1. The van der Waals surface area contributed by atoms with Gasteiger partial charge in [0.25, 0.3) is 0 Å². The third-order valence-corrected chi connectivity index (χ3v) is 4.83. The molecule has 1 aliphatic heterocycles. The van der Waals surface area contributed by atoms with E-state index in [0.717, 1.165) is 53.4 Å². The Hall–Kier alpha value is -2.72. The maximum atomic E-state index is 5.52. The second kappa shape index (κ2) is 6.89. The third kappa shape index (κ3) is 3.08. The van der Waals surface area contributed by atoms with Crippen molar-refractivity contribution in [2.45, 2.75) is 26.7 Å². The Balaban J connectivity index is 1.93. The molecule has 0 atom stereocenters. The van der Waals surface area contributed by atoms with Gasteiger partial charge in [0.2, 0.25) is 0 Å². The quantitative estimate of drug-likeness (QED) is 0.687. The maximum Gasteiger partial charge on any atom is 0.174 e. The molecule has 0 saturated carbocycles. The summed E-state index contributed by atoms with van der Waals surface area (Å²) in [6, 6.07) is 17.0. The summed E-state index contributed by atoms with van der Waals surface area (Å²) in [5, 5.41) is 1.85. The molecule has 0 radical (unpaired) electrons. The van der Waals surface area contributed by atoms with E-state index in [2.05, 4.69) is 62.4 Å². The summed E-state index contributed by atoms with van der Waals surface area (Å²) in [7, 11) is 1.69. The van der Waals surface area contributed by atoms with Crippen LogP contribution in [0.5, 0.6) is 0 Å². The van der Waals surface area contributed by atoms with Crippen molar-refractivity contribution in [1.29, 1.82) is 0 Å². The van der Waals surface area contributed by atoms with Crippen molar-refractivity contribution in [3.05, 3.63) is 65.4 Å². The average Bonchev–Trinajstić information content (AvgIpc) is 2.68. The van der Waals surface area contributed by atoms with Crippen molar-refractivity contribution in [3.8, 4) is 22.5 Å². The molecule has 4 rings (SSSR count). The lowest BCUT2D eigenvalue weighted by atomic mass is 10.0. The molecule has 2 heterocycles. The fourth-order valence-corrected chi connectivity index (χ4v) is 3.33. The maximum absolute atomic E-state index is 5.52. The average molecular weight is 345 g/mol. The highest BCUT2D eigenvalue weighted by Gasteiger charge is 2.23. The number of aryl methyl sites for hydroxylation is 3. The molecule has 0 bridgehead atoms. The van der Waals surface area contributed by atoms with Crippen LogP contribution in [0.2, 0.25) is 0 Å². The predicted octanol–water partition coefficient (Wildman–Crippen LogP) is 4.74. The number of benzene rings is 2. The van der Waals surface area contributed by atoms with Crippen LogP contribution < -0.4 is 5.06 Å². The lowest BCUT2D eigenvalue weighted by molar-refractivity contribution is 0.158. The highest BCUT2D eigenvalue weighted by Crippen LogP contribution is 2.34. The Labute approximate surface area is 154 Å². The molecule has 4 heteroatoms. The molecule has 132 valence electrons. The second-order valence-electron chi connectivity index (χ2n) is 6.81. The Kier molecular flexibility index (Phi) is 4.43. The van der Waals surface area contributed by atoms with Crippen LogP contribution in [0.3, 0.4) is 0 Å². The van der Waals surface area contributed by atoms with E-state index in [4.69, 9.17) is 14.8 Å². The SMILES string of the molecule is CON1CCCc2nc(-c3ccc(C)cc3)c(-c3ccc(C)cc3)nc21. The summed E-state index contributed by atoms with van der Waals surface area (Å²) < 4.78 is 0. The molecule has 1 aromatic heterocycles. The third-order valence-electron chi connectivity index (χ3n) is 4.83. The van der Waals surface area contributed by atoms with Crippen molar-refractivity contribution in [3.63, 3.8) is 0 Å². The largest absolute Gasteiger partial charge is 0.275 e. The number of hydrogen-bond donors (Lipinski definition) is 0. The van der Waals surface area contributed by atoms with Crippen molar-refractivity contribution in [1.82, 2.24) is 9.97 Å². The first-order valence-corrected chi connectivity index (χ1v) is 9.02. The molecule has 0 aliphatic carbocycles. The fraction of sp³-hybridized carbons (Fsp3) is 0.273. The fourth-order valence-electron chi connectivity index (χ4n) is 3.33. The predicted molar refractivity (Wildman–Crippen MR) is 105 cm³/mol. The normalized spacial score (nSPS) is 13.6. The Morgan fingerprint density at radius 3 is 1.88 bits per heavy atom. The zero-order valence-electron chi connectivity index (χ0n) is 15.5. The van der Waals surface area contributed by atoms with Crippen LogP contribution in [0.25, 0.3) is 22.5 Å². The Bertz CT molecular complexity index is 917. The van der Waals surface area contributed by atoms with E-state index in [1.165, 1.54) is 11.1 Å². The summed E-state index contributed by atoms with van der Waals surface area (Å²) in [4.78, 5) is 15.5. The highest BCUT2D eigenvalue weighted by molar-refractivity contribution is 5.79. The minimum atomic E-state index is 0.838. The molecule has 0 fully saturated rings. The standard InChI is InChI=1S/C22H23N3O/c1-15-6-10-17(11-7-15)20-21(18-12-8-16(2)9-13-18)24-22-19(23-20)5-4-14-25(22)26-3/h6-13H,4-5,14H2,1-3H3. The molecule has 3 aromatic rings. The van der Waals surface area contributed by atoms with E-state index in [9.17, 15) is 0 Å². The molecule has 0 unspecified atom stereocenters. The molecule has 0 N–H and O–H groups in total. The van der Waals surface area contributed by atoms with Gasteiger partial charge >= 0.3 is 0 Å². The van der Waals surface area contributed by atoms with Gasteiger partial charge in [0, 0.05) is 17.7 Å². The van der Waals surface area contributed by atoms with Gasteiger partial charge in [0.05, 0.1) is 24.2 Å². The molecular weight excluding hydrogens is 322 g/mol. The molecule has 4 nitrogen and oxygen atoms in total. The summed E-state index contributed by atoms with van der Waals surface area (Å²) >= 11 is 0. The topological polar surface area (TPSA) is 38.2 Å². The van der Waals surface area contributed by atoms with Crippen molar-refractivity contribution in [2.24, 2.45) is 0 Å². The van der Waals surface area contributed by atoms with E-state index in [0.29, 0.717) is 0 Å². The van der Waals surface area contributed by atoms with Gasteiger partial charge in [0.15, 0.2) is 5.82 Å². The summed E-state index contributed by atoms with van der Waals surface area (Å²) in [5.74, 6) is 0.838. The summed E-state index contributed by atoms with van der Waals surface area (Å²) in [6.07, 6.45) is 1.95. The van der Waals surface area contributed by atoms with Gasteiger partial charge in [0.1, 0.15) is 0 Å². The number of nitrogens with zero attached hydrogens (tertiary/aromatic N) is 3. The number of rotatable bonds is 3. The monoisotopic (exact) mass is 345 g/mol. The van der Waals surface area contributed by atoms with Gasteiger partial charge < -0.3 is 0 Å². The number of anilines is 1. The number of aromatic nitrogens is 2. The second-order valence-corrected chi connectivity index (χ2v) is 6.81. The number of hydroxylamine groups is 1. The van der Waals surface area contributed by atoms with Gasteiger partial charge in [-0.25, -0.2) is 15.0 Å². The lowest BCUT2D eigenvalue weighted by Gasteiger charge is -2.28. The minimum Gasteiger partial charge on any atom is -0.275 e. The molecule has 0 saturated heterocycles. The van der Waals surface area contributed by atoms with Crippen LogP contribution in [0.1, 0.15) is 23.2 Å². The van der Waals surface area contributed by atoms with Crippen LogP contribution in [0.4, 0.5) is 5.82 Å². The Morgan fingerprint density at radius 1 is 0.808 bits per heavy atom. The van der Waals surface area contributed by atoms with Gasteiger partial charge in [-0.05, 0) is 26.7 Å². The molecule has 1 aliphatic rings. The molecule has 0 amide bonds. The van der Waals surface area contributed by atoms with Crippen molar-refractivity contribution < 1.29 is 4.84 Å². The molecule has 26 heavy (non-hydrogen) atoms. The van der Waals surface area contributed by atoms with Crippen LogP contribution in [-0.2, 0) is 11.3 Å². The summed E-state index contributed by atoms with van der Waals surface area (Å²) in [6.45, 7) is 5.03. The Morgan fingerprint density at radius 2 is 1.35 bits per heavy atom. The zero-order valence-corrected chi connectivity index (χ0v) is 15.5. The first-order chi connectivity index (χ1) is 12.7. The first-order valence-electron chi connectivity index (χ1n) is 9.02. The van der Waals surface area contributed by atoms with Crippen molar-refractivity contribution >= 4 is 5.82 Å². The van der Waals surface area contributed by atoms with Gasteiger partial charge in [-0.1, -0.05) is 59.7 Å². The molecular formula is C22H23N3O. The minimum absolute atomic E-state index is 0.838. The molecule has 2 aromatic carbocycles. The van der Waals surface area contributed by atoms with Gasteiger partial charge in [-0.3, -0.25) is 4.84 Å². The summed E-state index contributed by atoms with van der Waals surface area (Å²) in [5.41, 5.74) is 7.47. The lowest BCUT2D eigenvalue weighted by Crippen LogP contribution is -2.30. The van der Waals surface area contributed by atoms with Gasteiger partial charge in [-0.2, -0.15) is 0 Å². The van der Waals surface area contributed by atoms with Crippen molar-refractivity contribution in [2.75, 3.05) is 18.7 Å². The molecule has 0 spiro atoms. The van der Waals surface area contributed by atoms with E-state index in [1.54, 1.807) is 7.11 Å². The van der Waals surface area contributed by atoms with Crippen LogP contribution in [0, 0.1) is 13.8 Å². The van der Waals surface area contributed by atoms with E-state index in [-0.39, 0.29) is 0 Å². The number of fused-ring (bicyclic) bond motifs is 1. The van der Waals surface area contributed by atoms with E-state index >= 15 is 0 Å². The van der Waals surface area contributed by atoms with Crippen LogP contribution in [0.15, 0.2) is 48.5 Å². The highest BCUT2D eigenvalue weighted by atomic mass is 16.7. The van der Waals surface area contributed by atoms with Crippen LogP contribution in [-0.4, -0.2) is 23.6 Å². The van der Waals surface area contributed by atoms with Gasteiger partial charge in [-0.15, -0.1) is 0 Å². The number of hydrogen-bond acceptors (Lipinski definition) is 4.